The number of nitrogens with zero attached hydrogens (tertiary/aromatic N) is 3. The van der Waals surface area contributed by atoms with Gasteiger partial charge in [0.15, 0.2) is 0 Å². The molecular weight excluding hydrogens is 359 g/mol. The molecule has 1 N–H and O–H groups in total. The topological polar surface area (TPSA) is 76.9 Å². The number of pyridine rings is 3. The molecule has 3 heterocycles. The lowest BCUT2D eigenvalue weighted by atomic mass is 10.0. The smallest absolute Gasteiger partial charge is 0.258 e. The molecule has 1 aliphatic carbocycles. The number of anilines is 1. The van der Waals surface area contributed by atoms with Gasteiger partial charge in [0, 0.05) is 47.7 Å². The monoisotopic (exact) mass is 380 g/mol. The second-order valence-corrected chi connectivity index (χ2v) is 7.24. The van der Waals surface area contributed by atoms with Gasteiger partial charge >= 0.3 is 0 Å². The van der Waals surface area contributed by atoms with Crippen molar-refractivity contribution in [1.29, 1.82) is 0 Å². The highest BCUT2D eigenvalue weighted by Crippen LogP contribution is 2.34. The molecule has 0 aromatic carbocycles. The van der Waals surface area contributed by atoms with E-state index in [1.165, 1.54) is 4.57 Å². The van der Waals surface area contributed by atoms with Crippen LogP contribution >= 0.6 is 0 Å². The number of aryl methyl sites for hydroxylation is 3. The first-order valence-corrected chi connectivity index (χ1v) is 9.29. The first kappa shape index (κ1) is 18.3. The quantitative estimate of drug-likeness (QED) is 0.754. The molecule has 3 aromatic rings. The van der Waals surface area contributed by atoms with E-state index in [1.54, 1.807) is 31.6 Å². The molecule has 1 saturated carbocycles. The number of aromatic nitrogens is 3. The Morgan fingerprint density at radius 2 is 2.00 bits per heavy atom. The van der Waals surface area contributed by atoms with E-state index in [9.17, 15) is 14.0 Å². The van der Waals surface area contributed by atoms with Crippen molar-refractivity contribution < 1.29 is 9.18 Å². The summed E-state index contributed by atoms with van der Waals surface area (Å²) >= 11 is 0. The van der Waals surface area contributed by atoms with E-state index in [0.717, 1.165) is 28.6 Å². The van der Waals surface area contributed by atoms with Gasteiger partial charge in [-0.1, -0.05) is 6.92 Å². The first-order valence-electron chi connectivity index (χ1n) is 9.29. The number of carbonyl (C=O) groups excluding carboxylic acids is 1. The van der Waals surface area contributed by atoms with Crippen molar-refractivity contribution in [2.24, 2.45) is 13.0 Å². The van der Waals surface area contributed by atoms with E-state index in [0.29, 0.717) is 16.9 Å². The van der Waals surface area contributed by atoms with Gasteiger partial charge in [-0.2, -0.15) is 0 Å². The Morgan fingerprint density at radius 1 is 1.25 bits per heavy atom. The van der Waals surface area contributed by atoms with E-state index in [2.05, 4.69) is 15.3 Å². The van der Waals surface area contributed by atoms with Crippen LogP contribution in [0.25, 0.3) is 22.0 Å². The molecule has 0 radical (unpaired) electrons. The average molecular weight is 380 g/mol. The molecule has 1 fully saturated rings. The molecule has 0 bridgehead atoms. The molecule has 6 nitrogen and oxygen atoms in total. The number of hydrogen-bond acceptors (Lipinski definition) is 4. The fourth-order valence-electron chi connectivity index (χ4n) is 3.37. The lowest BCUT2D eigenvalue weighted by Gasteiger charge is -2.12. The predicted octanol–water partition coefficient (Wildman–Crippen LogP) is 3.16. The summed E-state index contributed by atoms with van der Waals surface area (Å²) in [6, 6.07) is 5.43. The second-order valence-electron chi connectivity index (χ2n) is 7.24. The van der Waals surface area contributed by atoms with Gasteiger partial charge in [-0.05, 0) is 37.5 Å². The molecule has 3 aromatic heterocycles. The summed E-state index contributed by atoms with van der Waals surface area (Å²) in [7, 11) is 1.68. The van der Waals surface area contributed by atoms with Crippen LogP contribution in [0.3, 0.4) is 0 Å². The number of fused-ring (bicyclic) bond motifs is 1. The molecule has 144 valence electrons. The third-order valence-electron chi connectivity index (χ3n) is 5.23. The number of rotatable bonds is 4. The maximum absolute atomic E-state index is 13.1. The van der Waals surface area contributed by atoms with Crippen LogP contribution in [0.4, 0.5) is 10.2 Å². The van der Waals surface area contributed by atoms with Gasteiger partial charge < -0.3 is 9.88 Å². The fourth-order valence-corrected chi connectivity index (χ4v) is 3.37. The van der Waals surface area contributed by atoms with E-state index in [4.69, 9.17) is 0 Å². The number of nitrogens with one attached hydrogen (secondary N) is 1. The molecule has 2 unspecified atom stereocenters. The number of alkyl halides is 1. The fraction of sp³-hybridized carbons (Fsp3) is 0.333. The van der Waals surface area contributed by atoms with Gasteiger partial charge in [-0.15, -0.1) is 0 Å². The molecular formula is C21H21FN4O2. The van der Waals surface area contributed by atoms with Crippen LogP contribution in [0.15, 0.2) is 35.4 Å². The van der Waals surface area contributed by atoms with E-state index < -0.39 is 12.1 Å². The lowest BCUT2D eigenvalue weighted by Crippen LogP contribution is -2.20. The Bertz CT molecular complexity index is 1160. The molecule has 0 spiro atoms. The van der Waals surface area contributed by atoms with Crippen molar-refractivity contribution in [2.45, 2.75) is 32.9 Å². The van der Waals surface area contributed by atoms with Crippen LogP contribution in [0.5, 0.6) is 0 Å². The maximum atomic E-state index is 13.1. The molecule has 2 atom stereocenters. The number of amides is 1. The highest BCUT2D eigenvalue weighted by atomic mass is 19.1. The number of carbonyl (C=O) groups is 1. The number of hydrogen-bond donors (Lipinski definition) is 1. The largest absolute Gasteiger partial charge is 0.311 e. The van der Waals surface area contributed by atoms with Crippen molar-refractivity contribution in [3.63, 3.8) is 0 Å². The van der Waals surface area contributed by atoms with Crippen molar-refractivity contribution in [2.75, 3.05) is 5.32 Å². The van der Waals surface area contributed by atoms with Gasteiger partial charge in [0.05, 0.1) is 11.4 Å². The van der Waals surface area contributed by atoms with Crippen LogP contribution in [-0.2, 0) is 18.3 Å². The third-order valence-corrected chi connectivity index (χ3v) is 5.23. The second kappa shape index (κ2) is 6.82. The van der Waals surface area contributed by atoms with E-state index in [-0.39, 0.29) is 17.9 Å². The standard InChI is InChI=1S/C21H21FN4O2/c1-4-13-5-11(2)16(10-23-13)14-6-12-9-24-19(8-18(12)26(3)21(14)28)25-20(27)15-7-17(15)22/h5-6,8-10,15,17H,4,7H2,1-3H3,(H,24,25,27). The van der Waals surface area contributed by atoms with Crippen LogP contribution in [0.2, 0.25) is 0 Å². The van der Waals surface area contributed by atoms with Gasteiger partial charge in [-0.25, -0.2) is 9.37 Å². The Kier molecular flexibility index (Phi) is 4.45. The van der Waals surface area contributed by atoms with E-state index in [1.807, 2.05) is 19.9 Å². The average Bonchev–Trinajstić information content (AvgIpc) is 3.42. The van der Waals surface area contributed by atoms with Crippen molar-refractivity contribution in [1.82, 2.24) is 14.5 Å². The molecule has 4 rings (SSSR count). The van der Waals surface area contributed by atoms with E-state index >= 15 is 0 Å². The Hall–Kier alpha value is -3.09. The summed E-state index contributed by atoms with van der Waals surface area (Å²) < 4.78 is 14.6. The number of halogens is 1. The molecule has 0 saturated heterocycles. The summed E-state index contributed by atoms with van der Waals surface area (Å²) in [5.41, 5.74) is 3.80. The summed E-state index contributed by atoms with van der Waals surface area (Å²) in [5.74, 6) is -0.659. The van der Waals surface area contributed by atoms with Gasteiger partial charge in [0.2, 0.25) is 5.91 Å². The minimum atomic E-state index is -1.07. The van der Waals surface area contributed by atoms with Crippen molar-refractivity contribution in [3.05, 3.63) is 52.2 Å². The summed E-state index contributed by atoms with van der Waals surface area (Å²) in [4.78, 5) is 33.6. The summed E-state index contributed by atoms with van der Waals surface area (Å²) in [6.07, 6.45) is 3.37. The van der Waals surface area contributed by atoms with Crippen LogP contribution in [0, 0.1) is 12.8 Å². The Morgan fingerprint density at radius 3 is 2.64 bits per heavy atom. The van der Waals surface area contributed by atoms with Gasteiger partial charge in [0.25, 0.3) is 5.56 Å². The molecule has 7 heteroatoms. The highest BCUT2D eigenvalue weighted by Gasteiger charge is 2.43. The summed E-state index contributed by atoms with van der Waals surface area (Å²) in [5, 5.41) is 3.39. The minimum Gasteiger partial charge on any atom is -0.311 e. The normalized spacial score (nSPS) is 18.3. The van der Waals surface area contributed by atoms with Crippen molar-refractivity contribution >= 4 is 22.6 Å². The van der Waals surface area contributed by atoms with Crippen LogP contribution in [-0.4, -0.2) is 26.6 Å². The Balaban J connectivity index is 1.75. The minimum absolute atomic E-state index is 0.156. The predicted molar refractivity (Wildman–Crippen MR) is 106 cm³/mol. The summed E-state index contributed by atoms with van der Waals surface area (Å²) in [6.45, 7) is 4.00. The SMILES string of the molecule is CCc1cc(C)c(-c2cc3cnc(NC(=O)C4CC4F)cc3n(C)c2=O)cn1. The maximum Gasteiger partial charge on any atom is 0.258 e. The van der Waals surface area contributed by atoms with Gasteiger partial charge in [-0.3, -0.25) is 14.6 Å². The molecule has 28 heavy (non-hydrogen) atoms. The Labute approximate surface area is 161 Å². The van der Waals surface area contributed by atoms with Crippen LogP contribution < -0.4 is 10.9 Å². The zero-order valence-electron chi connectivity index (χ0n) is 16.0. The highest BCUT2D eigenvalue weighted by molar-refractivity contribution is 5.95. The van der Waals surface area contributed by atoms with Crippen molar-refractivity contribution in [3.8, 4) is 11.1 Å². The van der Waals surface area contributed by atoms with Crippen LogP contribution in [0.1, 0.15) is 24.6 Å². The first-order chi connectivity index (χ1) is 13.4. The molecule has 1 amide bonds. The van der Waals surface area contributed by atoms with Gasteiger partial charge in [0.1, 0.15) is 12.0 Å². The lowest BCUT2D eigenvalue weighted by molar-refractivity contribution is -0.117. The zero-order valence-corrected chi connectivity index (χ0v) is 16.0. The molecule has 1 aliphatic rings. The third kappa shape index (κ3) is 3.17. The zero-order chi connectivity index (χ0) is 20.0. The molecule has 0 aliphatic heterocycles.